The highest BCUT2D eigenvalue weighted by Crippen LogP contribution is 2.15. The highest BCUT2D eigenvalue weighted by Gasteiger charge is 2.28. The van der Waals surface area contributed by atoms with Gasteiger partial charge < -0.3 is 15.4 Å². The first kappa shape index (κ1) is 17.6. The van der Waals surface area contributed by atoms with Crippen LogP contribution in [-0.4, -0.2) is 51.6 Å². The number of hydrogen-bond acceptors (Lipinski definition) is 4. The lowest BCUT2D eigenvalue weighted by Crippen LogP contribution is -2.44. The Morgan fingerprint density at radius 1 is 1.39 bits per heavy atom. The molecule has 1 atom stereocenters. The normalized spacial score (nSPS) is 20.3. The van der Waals surface area contributed by atoms with Crippen LogP contribution in [0.4, 0.5) is 0 Å². The number of rotatable bonds is 6. The van der Waals surface area contributed by atoms with Crippen molar-refractivity contribution in [3.8, 4) is 5.75 Å². The van der Waals surface area contributed by atoms with Gasteiger partial charge in [0, 0.05) is 12.6 Å². The van der Waals surface area contributed by atoms with Crippen LogP contribution in [0, 0.1) is 6.92 Å². The van der Waals surface area contributed by atoms with E-state index in [1.165, 1.54) is 0 Å². The zero-order valence-electron chi connectivity index (χ0n) is 13.7. The molecule has 0 radical (unpaired) electrons. The fourth-order valence-electron chi connectivity index (χ4n) is 2.45. The van der Waals surface area contributed by atoms with Crippen LogP contribution in [-0.2, 0) is 9.84 Å². The number of para-hydroxylation sites is 1. The summed E-state index contributed by atoms with van der Waals surface area (Å²) in [6, 6.07) is 7.80. The van der Waals surface area contributed by atoms with Crippen molar-refractivity contribution in [2.45, 2.75) is 26.3 Å². The summed E-state index contributed by atoms with van der Waals surface area (Å²) in [4.78, 5) is 4.44. The third-order valence-corrected chi connectivity index (χ3v) is 5.40. The van der Waals surface area contributed by atoms with Crippen LogP contribution in [0.15, 0.2) is 29.3 Å². The van der Waals surface area contributed by atoms with E-state index in [4.69, 9.17) is 4.74 Å². The zero-order chi connectivity index (χ0) is 16.7. The van der Waals surface area contributed by atoms with Crippen molar-refractivity contribution in [1.82, 2.24) is 10.6 Å². The van der Waals surface area contributed by atoms with Crippen molar-refractivity contribution in [2.75, 3.05) is 31.2 Å². The lowest BCUT2D eigenvalue weighted by atomic mass is 10.2. The summed E-state index contributed by atoms with van der Waals surface area (Å²) in [5.41, 5.74) is 1.10. The number of nitrogens with zero attached hydrogens (tertiary/aromatic N) is 1. The fourth-order valence-corrected chi connectivity index (χ4v) is 4.13. The SMILES string of the molecule is CCNC(=NCCOc1ccccc1C)NC1CCS(=O)(=O)C1. The van der Waals surface area contributed by atoms with Crippen LogP contribution < -0.4 is 15.4 Å². The summed E-state index contributed by atoms with van der Waals surface area (Å²) >= 11 is 0. The van der Waals surface area contributed by atoms with E-state index in [2.05, 4.69) is 15.6 Å². The molecule has 0 bridgehead atoms. The lowest BCUT2D eigenvalue weighted by Gasteiger charge is -2.16. The molecule has 1 aliphatic rings. The maximum atomic E-state index is 11.5. The van der Waals surface area contributed by atoms with Crippen molar-refractivity contribution in [1.29, 1.82) is 0 Å². The average molecular weight is 339 g/mol. The summed E-state index contributed by atoms with van der Waals surface area (Å²) in [6.45, 7) is 5.69. The summed E-state index contributed by atoms with van der Waals surface area (Å²) < 4.78 is 28.7. The highest BCUT2D eigenvalue weighted by molar-refractivity contribution is 7.91. The van der Waals surface area contributed by atoms with E-state index >= 15 is 0 Å². The van der Waals surface area contributed by atoms with E-state index in [1.807, 2.05) is 38.1 Å². The molecule has 2 rings (SSSR count). The van der Waals surface area contributed by atoms with Gasteiger partial charge in [0.1, 0.15) is 12.4 Å². The molecule has 7 heteroatoms. The monoisotopic (exact) mass is 339 g/mol. The maximum absolute atomic E-state index is 11.5. The molecule has 1 aromatic carbocycles. The van der Waals surface area contributed by atoms with Gasteiger partial charge in [0.2, 0.25) is 0 Å². The van der Waals surface area contributed by atoms with Crippen LogP contribution in [0.5, 0.6) is 5.75 Å². The Morgan fingerprint density at radius 3 is 2.83 bits per heavy atom. The molecule has 1 saturated heterocycles. The number of nitrogens with one attached hydrogen (secondary N) is 2. The summed E-state index contributed by atoms with van der Waals surface area (Å²) in [5, 5.41) is 6.32. The smallest absolute Gasteiger partial charge is 0.191 e. The van der Waals surface area contributed by atoms with Crippen molar-refractivity contribution in [2.24, 2.45) is 4.99 Å². The van der Waals surface area contributed by atoms with Gasteiger partial charge in [0.25, 0.3) is 0 Å². The second kappa shape index (κ2) is 8.19. The summed E-state index contributed by atoms with van der Waals surface area (Å²) in [6.07, 6.45) is 0.631. The number of sulfone groups is 1. The number of aryl methyl sites for hydroxylation is 1. The van der Waals surface area contributed by atoms with Gasteiger partial charge in [-0.2, -0.15) is 0 Å². The molecule has 2 N–H and O–H groups in total. The molecule has 128 valence electrons. The van der Waals surface area contributed by atoms with Gasteiger partial charge in [-0.25, -0.2) is 13.4 Å². The summed E-state index contributed by atoms with van der Waals surface area (Å²) in [7, 11) is -2.89. The Labute approximate surface area is 138 Å². The largest absolute Gasteiger partial charge is 0.491 e. The molecule has 1 aromatic rings. The highest BCUT2D eigenvalue weighted by atomic mass is 32.2. The Morgan fingerprint density at radius 2 is 2.17 bits per heavy atom. The molecule has 0 amide bonds. The Bertz CT molecular complexity index is 644. The van der Waals surface area contributed by atoms with Crippen molar-refractivity contribution < 1.29 is 13.2 Å². The van der Waals surface area contributed by atoms with Gasteiger partial charge >= 0.3 is 0 Å². The molecule has 1 unspecified atom stereocenters. The minimum atomic E-state index is -2.89. The van der Waals surface area contributed by atoms with Gasteiger partial charge in [0.05, 0.1) is 18.1 Å². The maximum Gasteiger partial charge on any atom is 0.191 e. The van der Waals surface area contributed by atoms with Crippen LogP contribution in [0.1, 0.15) is 18.9 Å². The van der Waals surface area contributed by atoms with E-state index in [0.29, 0.717) is 25.5 Å². The van der Waals surface area contributed by atoms with Crippen LogP contribution in [0.2, 0.25) is 0 Å². The van der Waals surface area contributed by atoms with Crippen LogP contribution >= 0.6 is 0 Å². The van der Waals surface area contributed by atoms with E-state index in [-0.39, 0.29) is 17.5 Å². The molecular formula is C16H25N3O3S. The second-order valence-corrected chi connectivity index (χ2v) is 7.85. The van der Waals surface area contributed by atoms with Crippen molar-refractivity contribution in [3.63, 3.8) is 0 Å². The van der Waals surface area contributed by atoms with Gasteiger partial charge in [-0.15, -0.1) is 0 Å². The molecule has 0 aliphatic carbocycles. The Hall–Kier alpha value is -1.76. The predicted octanol–water partition coefficient (Wildman–Crippen LogP) is 1.12. The van der Waals surface area contributed by atoms with E-state index in [1.54, 1.807) is 0 Å². The van der Waals surface area contributed by atoms with Crippen molar-refractivity contribution >= 4 is 15.8 Å². The van der Waals surface area contributed by atoms with Gasteiger partial charge in [-0.05, 0) is 31.9 Å². The molecule has 1 heterocycles. The second-order valence-electron chi connectivity index (χ2n) is 5.62. The molecule has 6 nitrogen and oxygen atoms in total. The minimum absolute atomic E-state index is 0.0601. The van der Waals surface area contributed by atoms with E-state index < -0.39 is 9.84 Å². The average Bonchev–Trinajstić information content (AvgIpc) is 2.84. The standard InChI is InChI=1S/C16H25N3O3S/c1-3-17-16(19-14-8-11-23(20,21)12-14)18-9-10-22-15-7-5-4-6-13(15)2/h4-7,14H,3,8-12H2,1-2H3,(H2,17,18,19). The van der Waals surface area contributed by atoms with Crippen LogP contribution in [0.25, 0.3) is 0 Å². The zero-order valence-corrected chi connectivity index (χ0v) is 14.5. The van der Waals surface area contributed by atoms with E-state index in [0.717, 1.165) is 17.9 Å². The number of aliphatic imine (C=N–C) groups is 1. The lowest BCUT2D eigenvalue weighted by molar-refractivity contribution is 0.326. The number of ether oxygens (including phenoxy) is 1. The van der Waals surface area contributed by atoms with E-state index in [9.17, 15) is 8.42 Å². The first-order valence-electron chi connectivity index (χ1n) is 7.94. The first-order valence-corrected chi connectivity index (χ1v) is 9.76. The number of guanidine groups is 1. The van der Waals surface area contributed by atoms with Crippen molar-refractivity contribution in [3.05, 3.63) is 29.8 Å². The number of benzene rings is 1. The third-order valence-electron chi connectivity index (χ3n) is 3.63. The van der Waals surface area contributed by atoms with Crippen LogP contribution in [0.3, 0.4) is 0 Å². The topological polar surface area (TPSA) is 79.8 Å². The molecular weight excluding hydrogens is 314 g/mol. The molecule has 1 aliphatic heterocycles. The van der Waals surface area contributed by atoms with Gasteiger partial charge in [-0.1, -0.05) is 18.2 Å². The molecule has 1 fully saturated rings. The molecule has 0 aromatic heterocycles. The Balaban J connectivity index is 1.83. The molecule has 23 heavy (non-hydrogen) atoms. The fraction of sp³-hybridized carbons (Fsp3) is 0.562. The molecule has 0 saturated carbocycles. The quantitative estimate of drug-likeness (QED) is 0.461. The predicted molar refractivity (Wildman–Crippen MR) is 92.8 cm³/mol. The Kier molecular flexibility index (Phi) is 6.27. The van der Waals surface area contributed by atoms with Gasteiger partial charge in [0.15, 0.2) is 15.8 Å². The third kappa shape index (κ3) is 5.74. The van der Waals surface area contributed by atoms with Gasteiger partial charge in [-0.3, -0.25) is 0 Å². The molecule has 0 spiro atoms. The first-order chi connectivity index (χ1) is 11.0. The summed E-state index contributed by atoms with van der Waals surface area (Å²) in [5.74, 6) is 1.93. The number of hydrogen-bond donors (Lipinski definition) is 2. The minimum Gasteiger partial charge on any atom is -0.491 e.